The van der Waals surface area contributed by atoms with Crippen molar-refractivity contribution in [3.05, 3.63) is 18.1 Å². The maximum atomic E-state index is 11.3. The summed E-state index contributed by atoms with van der Waals surface area (Å²) in [6.07, 6.45) is 2.74. The Labute approximate surface area is 98.3 Å². The summed E-state index contributed by atoms with van der Waals surface area (Å²) < 4.78 is 11.3. The van der Waals surface area contributed by atoms with Crippen LogP contribution in [-0.4, -0.2) is 31.7 Å². The van der Waals surface area contributed by atoms with E-state index in [1.54, 1.807) is 6.20 Å². The van der Waals surface area contributed by atoms with Crippen molar-refractivity contribution < 1.29 is 4.21 Å². The average Bonchev–Trinajstić information content (AvgIpc) is 2.64. The van der Waals surface area contributed by atoms with Gasteiger partial charge < -0.3 is 5.32 Å². The highest BCUT2D eigenvalue weighted by Crippen LogP contribution is 2.15. The van der Waals surface area contributed by atoms with Crippen molar-refractivity contribution in [1.29, 1.82) is 0 Å². The van der Waals surface area contributed by atoms with Crippen LogP contribution in [0.3, 0.4) is 0 Å². The second-order valence-corrected chi connectivity index (χ2v) is 6.02. The molecule has 0 amide bonds. The van der Waals surface area contributed by atoms with Gasteiger partial charge in [-0.25, -0.2) is 9.97 Å². The molecule has 0 aliphatic carbocycles. The van der Waals surface area contributed by atoms with Crippen molar-refractivity contribution in [1.82, 2.24) is 9.97 Å². The smallest absolute Gasteiger partial charge is 0.133 e. The summed E-state index contributed by atoms with van der Waals surface area (Å²) in [6.45, 7) is 4.15. The Morgan fingerprint density at radius 2 is 2.38 bits per heavy atom. The third-order valence-electron chi connectivity index (χ3n) is 2.62. The molecule has 1 aliphatic rings. The number of hydrogen-bond donors (Lipinski definition) is 1. The van der Waals surface area contributed by atoms with E-state index in [9.17, 15) is 4.21 Å². The Bertz CT molecular complexity index is 395. The summed E-state index contributed by atoms with van der Waals surface area (Å²) >= 11 is 0. The van der Waals surface area contributed by atoms with Crippen molar-refractivity contribution >= 4 is 16.6 Å². The summed E-state index contributed by atoms with van der Waals surface area (Å²) in [5.41, 5.74) is 0. The van der Waals surface area contributed by atoms with E-state index >= 15 is 0 Å². The van der Waals surface area contributed by atoms with E-state index in [-0.39, 0.29) is 0 Å². The van der Waals surface area contributed by atoms with Gasteiger partial charge in [0.25, 0.3) is 0 Å². The molecule has 0 saturated carbocycles. The van der Waals surface area contributed by atoms with Gasteiger partial charge in [0.15, 0.2) is 0 Å². The Hall–Kier alpha value is -0.970. The van der Waals surface area contributed by atoms with Crippen LogP contribution >= 0.6 is 0 Å². The minimum absolute atomic E-state index is 0.302. The van der Waals surface area contributed by atoms with E-state index < -0.39 is 10.8 Å². The predicted molar refractivity (Wildman–Crippen MR) is 66.0 cm³/mol. The van der Waals surface area contributed by atoms with E-state index in [1.165, 1.54) is 0 Å². The normalized spacial score (nSPS) is 24.9. The van der Waals surface area contributed by atoms with Crippen molar-refractivity contribution in [3.8, 4) is 0 Å². The van der Waals surface area contributed by atoms with Crippen LogP contribution in [0.4, 0.5) is 5.82 Å². The third-order valence-corrected chi connectivity index (χ3v) is 4.09. The van der Waals surface area contributed by atoms with Crippen LogP contribution in [0, 0.1) is 0 Å². The zero-order valence-electron chi connectivity index (χ0n) is 9.64. The molecule has 4 nitrogen and oxygen atoms in total. The first-order valence-corrected chi connectivity index (χ1v) is 7.08. The van der Waals surface area contributed by atoms with Gasteiger partial charge in [-0.2, -0.15) is 0 Å². The molecular weight excluding hydrogens is 222 g/mol. The minimum Gasteiger partial charge on any atom is -0.366 e. The van der Waals surface area contributed by atoms with Crippen LogP contribution in [0.5, 0.6) is 0 Å². The zero-order valence-corrected chi connectivity index (χ0v) is 10.5. The van der Waals surface area contributed by atoms with Gasteiger partial charge in [0.2, 0.25) is 0 Å². The molecule has 0 aromatic carbocycles. The lowest BCUT2D eigenvalue weighted by atomic mass is 10.2. The zero-order chi connectivity index (χ0) is 11.5. The lowest BCUT2D eigenvalue weighted by molar-refractivity contribution is 0.686. The van der Waals surface area contributed by atoms with E-state index in [1.807, 2.05) is 6.07 Å². The molecule has 16 heavy (non-hydrogen) atoms. The van der Waals surface area contributed by atoms with Crippen molar-refractivity contribution in [2.24, 2.45) is 0 Å². The largest absolute Gasteiger partial charge is 0.366 e. The number of hydrogen-bond acceptors (Lipinski definition) is 4. The van der Waals surface area contributed by atoms with Gasteiger partial charge >= 0.3 is 0 Å². The summed E-state index contributed by atoms with van der Waals surface area (Å²) in [6, 6.07) is 2.17. The molecule has 1 aliphatic heterocycles. The first kappa shape index (κ1) is 11.5. The second-order valence-electron chi connectivity index (χ2n) is 4.40. The quantitative estimate of drug-likeness (QED) is 0.869. The molecule has 2 atom stereocenters. The van der Waals surface area contributed by atoms with Crippen LogP contribution < -0.4 is 5.32 Å². The summed E-state index contributed by atoms with van der Waals surface area (Å²) in [4.78, 5) is 8.66. The highest BCUT2D eigenvalue weighted by atomic mass is 32.2. The molecule has 1 N–H and O–H groups in total. The highest BCUT2D eigenvalue weighted by Gasteiger charge is 2.21. The SMILES string of the molecule is CC(C)c1nccc(NC2CCS(=O)C2)n1. The van der Waals surface area contributed by atoms with Gasteiger partial charge in [0.1, 0.15) is 11.6 Å². The fourth-order valence-corrected chi connectivity index (χ4v) is 3.13. The third kappa shape index (κ3) is 2.78. The standard InChI is InChI=1S/C11H17N3OS/c1-8(2)11-12-5-3-10(14-11)13-9-4-6-16(15)7-9/h3,5,8-9H,4,6-7H2,1-2H3,(H,12,13,14). The molecule has 1 saturated heterocycles. The molecule has 1 aromatic heterocycles. The molecule has 1 fully saturated rings. The van der Waals surface area contributed by atoms with E-state index in [2.05, 4.69) is 29.1 Å². The maximum Gasteiger partial charge on any atom is 0.133 e. The van der Waals surface area contributed by atoms with Crippen LogP contribution in [0.1, 0.15) is 32.0 Å². The second kappa shape index (κ2) is 4.91. The predicted octanol–water partition coefficient (Wildman–Crippen LogP) is 1.53. The minimum atomic E-state index is -0.647. The number of rotatable bonds is 3. The summed E-state index contributed by atoms with van der Waals surface area (Å²) in [5, 5.41) is 3.32. The highest BCUT2D eigenvalue weighted by molar-refractivity contribution is 7.85. The first-order chi connectivity index (χ1) is 7.65. The maximum absolute atomic E-state index is 11.3. The van der Waals surface area contributed by atoms with Gasteiger partial charge in [-0.3, -0.25) is 4.21 Å². The Morgan fingerprint density at radius 3 is 3.00 bits per heavy atom. The number of aromatic nitrogens is 2. The van der Waals surface area contributed by atoms with Crippen molar-refractivity contribution in [3.63, 3.8) is 0 Å². The van der Waals surface area contributed by atoms with E-state index in [0.717, 1.165) is 29.6 Å². The molecule has 5 heteroatoms. The van der Waals surface area contributed by atoms with Gasteiger partial charge in [-0.15, -0.1) is 0 Å². The van der Waals surface area contributed by atoms with Crippen molar-refractivity contribution in [2.45, 2.75) is 32.2 Å². The lowest BCUT2D eigenvalue weighted by Crippen LogP contribution is -2.20. The number of nitrogens with zero attached hydrogens (tertiary/aromatic N) is 2. The lowest BCUT2D eigenvalue weighted by Gasteiger charge is -2.12. The average molecular weight is 239 g/mol. The van der Waals surface area contributed by atoms with Gasteiger partial charge in [0, 0.05) is 40.5 Å². The van der Waals surface area contributed by atoms with Gasteiger partial charge in [-0.05, 0) is 12.5 Å². The van der Waals surface area contributed by atoms with E-state index in [4.69, 9.17) is 0 Å². The molecule has 0 radical (unpaired) electrons. The Kier molecular flexibility index (Phi) is 3.53. The molecule has 0 bridgehead atoms. The molecule has 1 aromatic rings. The van der Waals surface area contributed by atoms with Gasteiger partial charge in [0.05, 0.1) is 0 Å². The molecular formula is C11H17N3OS. The van der Waals surface area contributed by atoms with Crippen LogP contribution in [0.2, 0.25) is 0 Å². The summed E-state index contributed by atoms with van der Waals surface area (Å²) in [5.74, 6) is 3.58. The monoisotopic (exact) mass is 239 g/mol. The fourth-order valence-electron chi connectivity index (χ4n) is 1.72. The Balaban J connectivity index is 2.04. The molecule has 2 heterocycles. The fraction of sp³-hybridized carbons (Fsp3) is 0.636. The van der Waals surface area contributed by atoms with Crippen LogP contribution in [0.25, 0.3) is 0 Å². The topological polar surface area (TPSA) is 54.9 Å². The van der Waals surface area contributed by atoms with Gasteiger partial charge in [-0.1, -0.05) is 13.8 Å². The molecule has 2 rings (SSSR count). The molecule has 88 valence electrons. The number of nitrogens with one attached hydrogen (secondary N) is 1. The molecule has 0 spiro atoms. The number of anilines is 1. The first-order valence-electron chi connectivity index (χ1n) is 5.59. The summed E-state index contributed by atoms with van der Waals surface area (Å²) in [7, 11) is -0.647. The van der Waals surface area contributed by atoms with E-state index in [0.29, 0.717) is 12.0 Å². The van der Waals surface area contributed by atoms with Crippen molar-refractivity contribution in [2.75, 3.05) is 16.8 Å². The van der Waals surface area contributed by atoms with Crippen LogP contribution in [0.15, 0.2) is 12.3 Å². The molecule has 2 unspecified atom stereocenters. The van der Waals surface area contributed by atoms with Crippen LogP contribution in [-0.2, 0) is 10.8 Å². The Morgan fingerprint density at radius 1 is 1.56 bits per heavy atom.